The van der Waals surface area contributed by atoms with Crippen molar-refractivity contribution in [1.29, 1.82) is 0 Å². The van der Waals surface area contributed by atoms with Gasteiger partial charge in [-0.1, -0.05) is 29.8 Å². The van der Waals surface area contributed by atoms with E-state index in [1.807, 2.05) is 0 Å². The molecule has 3 aliphatic rings. The molecule has 12 nitrogen and oxygen atoms in total. The Labute approximate surface area is 283 Å². The molecule has 254 valence electrons. The molecule has 0 aromatic heterocycles. The molecule has 4 bridgehead atoms. The first-order valence-electron chi connectivity index (χ1n) is 15.8. The number of aliphatic hydroxyl groups excluding tert-OH is 1. The maximum atomic E-state index is 13.7. The van der Waals surface area contributed by atoms with Crippen molar-refractivity contribution in [1.82, 2.24) is 15.5 Å². The molecule has 0 saturated carbocycles. The van der Waals surface area contributed by atoms with Gasteiger partial charge in [0.25, 0.3) is 5.91 Å². The lowest BCUT2D eigenvalue weighted by Gasteiger charge is -2.34. The zero-order valence-corrected chi connectivity index (χ0v) is 27.8. The van der Waals surface area contributed by atoms with Gasteiger partial charge >= 0.3 is 6.03 Å². The molecular formula is C34H37ClN4O8S. The number of benzene rings is 3. The van der Waals surface area contributed by atoms with E-state index in [2.05, 4.69) is 16.0 Å². The summed E-state index contributed by atoms with van der Waals surface area (Å²) in [6.07, 6.45) is 1.22. The van der Waals surface area contributed by atoms with Crippen LogP contribution in [0.2, 0.25) is 5.02 Å². The smallest absolute Gasteiger partial charge is 0.322 e. The topological polar surface area (TPSA) is 163 Å². The number of carbonyl (C=O) groups excluding carboxylic acids is 3. The summed E-state index contributed by atoms with van der Waals surface area (Å²) in [6, 6.07) is 16.2. The van der Waals surface area contributed by atoms with Gasteiger partial charge in [0.05, 0.1) is 29.3 Å². The van der Waals surface area contributed by atoms with E-state index >= 15 is 0 Å². The Morgan fingerprint density at radius 2 is 1.73 bits per heavy atom. The van der Waals surface area contributed by atoms with Crippen molar-refractivity contribution in [3.63, 3.8) is 0 Å². The monoisotopic (exact) mass is 696 g/mol. The average Bonchev–Trinajstić information content (AvgIpc) is 3.49. The molecular weight excluding hydrogens is 660 g/mol. The molecule has 4 N–H and O–H groups in total. The van der Waals surface area contributed by atoms with Crippen molar-refractivity contribution in [3.05, 3.63) is 77.3 Å². The van der Waals surface area contributed by atoms with Gasteiger partial charge in [0, 0.05) is 42.5 Å². The van der Waals surface area contributed by atoms with Crippen LogP contribution in [0.1, 0.15) is 36.0 Å². The number of aliphatic hydroxyl groups is 1. The number of urea groups is 1. The molecule has 3 aromatic rings. The van der Waals surface area contributed by atoms with E-state index < -0.39 is 52.0 Å². The summed E-state index contributed by atoms with van der Waals surface area (Å²) in [5, 5.41) is 19.8. The van der Waals surface area contributed by atoms with Gasteiger partial charge in [0.1, 0.15) is 17.9 Å². The molecule has 48 heavy (non-hydrogen) atoms. The molecule has 3 aliphatic heterocycles. The minimum atomic E-state index is -3.37. The fourth-order valence-corrected chi connectivity index (χ4v) is 7.03. The number of ether oxygens (including phenoxy) is 2. The van der Waals surface area contributed by atoms with Crippen LogP contribution in [0.4, 0.5) is 10.5 Å². The number of sulfone groups is 1. The second-order valence-electron chi connectivity index (χ2n) is 12.3. The Morgan fingerprint density at radius 3 is 2.46 bits per heavy atom. The van der Waals surface area contributed by atoms with Gasteiger partial charge in [-0.3, -0.25) is 9.59 Å². The highest BCUT2D eigenvalue weighted by molar-refractivity contribution is 7.90. The zero-order valence-electron chi connectivity index (χ0n) is 26.2. The largest absolute Gasteiger partial charge is 0.493 e. The lowest BCUT2D eigenvalue weighted by molar-refractivity contribution is -0.133. The zero-order chi connectivity index (χ0) is 34.0. The van der Waals surface area contributed by atoms with Crippen LogP contribution in [0.15, 0.2) is 71.6 Å². The van der Waals surface area contributed by atoms with Crippen molar-refractivity contribution >= 4 is 45.0 Å². The van der Waals surface area contributed by atoms with Crippen LogP contribution in [0, 0.1) is 0 Å². The first-order chi connectivity index (χ1) is 22.9. The highest BCUT2D eigenvalue weighted by Crippen LogP contribution is 2.31. The molecule has 4 amide bonds. The van der Waals surface area contributed by atoms with E-state index in [-0.39, 0.29) is 42.7 Å². The number of fused-ring (bicyclic) bond motifs is 5. The lowest BCUT2D eigenvalue weighted by atomic mass is 9.99. The third kappa shape index (κ3) is 7.75. The molecule has 2 saturated heterocycles. The predicted molar refractivity (Wildman–Crippen MR) is 179 cm³/mol. The van der Waals surface area contributed by atoms with Gasteiger partial charge in [0.15, 0.2) is 9.84 Å². The van der Waals surface area contributed by atoms with E-state index in [9.17, 15) is 27.9 Å². The van der Waals surface area contributed by atoms with E-state index in [1.54, 1.807) is 54.6 Å². The second-order valence-corrected chi connectivity index (χ2v) is 14.8. The van der Waals surface area contributed by atoms with Crippen molar-refractivity contribution in [2.45, 2.75) is 61.0 Å². The Balaban J connectivity index is 1.29. The number of hydrogen-bond acceptors (Lipinski definition) is 8. The van der Waals surface area contributed by atoms with Crippen molar-refractivity contribution in [2.75, 3.05) is 31.3 Å². The SMILES string of the molecule is CS(=O)(=O)c1ccc(-c2ccc3c(c2)OCC[C@@H]2CC[C@H](O)[C@@H](CNC(=O)[C@@H]4C[C@@H](CN4C(=O)Nc4ccc(Cl)cc4)NC3=O)O2)cc1. The van der Waals surface area contributed by atoms with E-state index in [0.29, 0.717) is 35.7 Å². The van der Waals surface area contributed by atoms with Crippen molar-refractivity contribution < 1.29 is 37.4 Å². The Kier molecular flexibility index (Phi) is 9.93. The molecule has 5 atom stereocenters. The Bertz CT molecular complexity index is 1790. The van der Waals surface area contributed by atoms with Crippen LogP contribution >= 0.6 is 11.6 Å². The van der Waals surface area contributed by atoms with Crippen LogP contribution in [0.5, 0.6) is 5.75 Å². The molecule has 3 heterocycles. The van der Waals surface area contributed by atoms with Crippen LogP contribution in [-0.2, 0) is 19.4 Å². The summed E-state index contributed by atoms with van der Waals surface area (Å²) in [7, 11) is -3.37. The van der Waals surface area contributed by atoms with Crippen LogP contribution in [0.3, 0.4) is 0 Å². The Hall–Kier alpha value is -4.17. The molecule has 0 unspecified atom stereocenters. The Morgan fingerprint density at radius 1 is 1.00 bits per heavy atom. The van der Waals surface area contributed by atoms with Gasteiger partial charge in [0.2, 0.25) is 5.91 Å². The number of anilines is 1. The summed E-state index contributed by atoms with van der Waals surface area (Å²) >= 11 is 5.99. The highest BCUT2D eigenvalue weighted by Gasteiger charge is 2.41. The first-order valence-corrected chi connectivity index (χ1v) is 18.0. The van der Waals surface area contributed by atoms with E-state index in [0.717, 1.165) is 17.4 Å². The fourth-order valence-electron chi connectivity index (χ4n) is 6.27. The highest BCUT2D eigenvalue weighted by atomic mass is 35.5. The second kappa shape index (κ2) is 14.1. The van der Waals surface area contributed by atoms with Crippen molar-refractivity contribution in [2.24, 2.45) is 0 Å². The van der Waals surface area contributed by atoms with Gasteiger partial charge in [-0.25, -0.2) is 13.2 Å². The van der Waals surface area contributed by atoms with E-state index in [4.69, 9.17) is 21.1 Å². The number of likely N-dealkylation sites (tertiary alicyclic amines) is 1. The van der Waals surface area contributed by atoms with Gasteiger partial charge in [-0.15, -0.1) is 0 Å². The molecule has 14 heteroatoms. The first kappa shape index (κ1) is 33.7. The number of nitrogens with one attached hydrogen (secondary N) is 3. The lowest BCUT2D eigenvalue weighted by Crippen LogP contribution is -2.51. The third-order valence-corrected chi connectivity index (χ3v) is 10.3. The standard InChI is InChI=1S/C34H37ClN4O8S/c1-48(44,45)26-10-2-20(3-11-26)21-4-12-27-30(16-21)46-15-14-25-9-13-29(40)31(47-25)18-36-33(42)28-17-24(37-32(27)41)19-39(28)34(43)38-23-7-5-22(35)6-8-23/h2-8,10-12,16,24-25,28-29,31,40H,9,13-15,17-19H2,1H3,(H,36,42)(H,37,41)(H,38,43)/t24-,25-,28-,29-,31+/m0/s1. The van der Waals surface area contributed by atoms with Gasteiger partial charge in [-0.05, 0) is 78.9 Å². The molecule has 0 aliphatic carbocycles. The number of amides is 4. The van der Waals surface area contributed by atoms with Crippen LogP contribution < -0.4 is 20.7 Å². The number of rotatable bonds is 3. The summed E-state index contributed by atoms with van der Waals surface area (Å²) < 4.78 is 36.3. The quantitative estimate of drug-likeness (QED) is 0.323. The van der Waals surface area contributed by atoms with Gasteiger partial charge < -0.3 is 35.4 Å². The fraction of sp³-hybridized carbons (Fsp3) is 0.382. The van der Waals surface area contributed by atoms with Crippen molar-refractivity contribution in [3.8, 4) is 16.9 Å². The average molecular weight is 697 g/mol. The maximum Gasteiger partial charge on any atom is 0.322 e. The van der Waals surface area contributed by atoms with E-state index in [1.165, 1.54) is 17.0 Å². The molecule has 3 aromatic carbocycles. The molecule has 6 rings (SSSR count). The predicted octanol–water partition coefficient (Wildman–Crippen LogP) is 3.62. The molecule has 0 radical (unpaired) electrons. The number of carbonyl (C=O) groups is 3. The summed E-state index contributed by atoms with van der Waals surface area (Å²) in [6.45, 7) is 0.345. The third-order valence-electron chi connectivity index (χ3n) is 8.89. The minimum Gasteiger partial charge on any atom is -0.493 e. The normalized spacial score (nSPS) is 24.9. The number of hydrogen-bond donors (Lipinski definition) is 4. The summed E-state index contributed by atoms with van der Waals surface area (Å²) in [5.74, 6) is -0.531. The van der Waals surface area contributed by atoms with Crippen LogP contribution in [-0.4, -0.2) is 92.6 Å². The summed E-state index contributed by atoms with van der Waals surface area (Å²) in [5.41, 5.74) is 2.21. The molecule has 2 fully saturated rings. The summed E-state index contributed by atoms with van der Waals surface area (Å²) in [4.78, 5) is 42.3. The van der Waals surface area contributed by atoms with Gasteiger partial charge in [-0.2, -0.15) is 0 Å². The molecule has 0 spiro atoms. The number of nitrogens with zero attached hydrogens (tertiary/aromatic N) is 1. The minimum absolute atomic E-state index is 0.0574. The number of halogens is 1. The van der Waals surface area contributed by atoms with Crippen LogP contribution in [0.25, 0.3) is 11.1 Å². The maximum absolute atomic E-state index is 13.7.